The second-order valence-electron chi connectivity index (χ2n) is 4.44. The van der Waals surface area contributed by atoms with Crippen molar-refractivity contribution in [1.82, 2.24) is 4.90 Å². The molecular formula is C14H18ClNO3. The van der Waals surface area contributed by atoms with Crippen LogP contribution in [0.1, 0.15) is 31.2 Å². The second kappa shape index (κ2) is 7.79. The Bertz CT molecular complexity index is 448. The molecule has 0 aliphatic heterocycles. The van der Waals surface area contributed by atoms with E-state index in [9.17, 15) is 9.59 Å². The molecule has 19 heavy (non-hydrogen) atoms. The molecule has 0 aromatic heterocycles. The topological polar surface area (TPSA) is 57.6 Å². The Hall–Kier alpha value is -1.55. The highest BCUT2D eigenvalue weighted by Gasteiger charge is 2.10. The van der Waals surface area contributed by atoms with Crippen molar-refractivity contribution >= 4 is 23.5 Å². The van der Waals surface area contributed by atoms with Crippen molar-refractivity contribution in [1.29, 1.82) is 0 Å². The predicted octanol–water partition coefficient (Wildman–Crippen LogP) is 2.94. The highest BCUT2D eigenvalue weighted by molar-refractivity contribution is 6.31. The molecule has 1 N–H and O–H groups in total. The van der Waals surface area contributed by atoms with Gasteiger partial charge in [0.25, 0.3) is 0 Å². The van der Waals surface area contributed by atoms with E-state index in [0.29, 0.717) is 30.8 Å². The summed E-state index contributed by atoms with van der Waals surface area (Å²) in [5.41, 5.74) is 0.908. The minimum atomic E-state index is -0.822. The number of carboxylic acids is 1. The number of carboxylic acid groups (broad SMARTS) is 1. The first kappa shape index (κ1) is 15.5. The summed E-state index contributed by atoms with van der Waals surface area (Å²) in [7, 11) is 1.73. The second-order valence-corrected chi connectivity index (χ2v) is 4.85. The lowest BCUT2D eigenvalue weighted by Crippen LogP contribution is -2.26. The zero-order valence-corrected chi connectivity index (χ0v) is 11.7. The van der Waals surface area contributed by atoms with Crippen molar-refractivity contribution in [2.24, 2.45) is 0 Å². The van der Waals surface area contributed by atoms with Gasteiger partial charge >= 0.3 is 5.97 Å². The molecule has 0 saturated heterocycles. The first-order valence-electron chi connectivity index (χ1n) is 6.20. The van der Waals surface area contributed by atoms with Gasteiger partial charge in [-0.05, 0) is 24.5 Å². The fourth-order valence-corrected chi connectivity index (χ4v) is 1.91. The summed E-state index contributed by atoms with van der Waals surface area (Å²) in [5.74, 6) is -0.817. The molecule has 0 unspecified atom stereocenters. The lowest BCUT2D eigenvalue weighted by molar-refractivity contribution is -0.137. The smallest absolute Gasteiger partial charge is 0.303 e. The van der Waals surface area contributed by atoms with Crippen LogP contribution < -0.4 is 0 Å². The van der Waals surface area contributed by atoms with Crippen LogP contribution in [0, 0.1) is 0 Å². The van der Waals surface area contributed by atoms with E-state index in [2.05, 4.69) is 0 Å². The molecule has 0 heterocycles. The van der Waals surface area contributed by atoms with Crippen molar-refractivity contribution < 1.29 is 14.7 Å². The summed E-state index contributed by atoms with van der Waals surface area (Å²) in [4.78, 5) is 23.8. The van der Waals surface area contributed by atoms with Gasteiger partial charge in [-0.2, -0.15) is 0 Å². The minimum Gasteiger partial charge on any atom is -0.481 e. The molecule has 1 amide bonds. The first-order chi connectivity index (χ1) is 9.00. The Morgan fingerprint density at radius 1 is 1.21 bits per heavy atom. The van der Waals surface area contributed by atoms with E-state index in [1.165, 1.54) is 0 Å². The molecule has 0 aliphatic rings. The Morgan fingerprint density at radius 2 is 1.84 bits per heavy atom. The van der Waals surface area contributed by atoms with E-state index in [0.717, 1.165) is 5.56 Å². The number of halogens is 1. The van der Waals surface area contributed by atoms with Crippen LogP contribution in [0.2, 0.25) is 5.02 Å². The molecule has 0 atom stereocenters. The molecule has 0 aliphatic carbocycles. The Kier molecular flexibility index (Phi) is 6.36. The van der Waals surface area contributed by atoms with E-state index in [1.54, 1.807) is 18.0 Å². The standard InChI is InChI=1S/C14H18ClNO3/c1-16(10-11-6-2-3-7-12(11)15)13(17)8-4-5-9-14(18)19/h2-3,6-7H,4-5,8-10H2,1H3,(H,18,19). The maximum absolute atomic E-state index is 11.8. The van der Waals surface area contributed by atoms with Crippen molar-refractivity contribution in [3.63, 3.8) is 0 Å². The monoisotopic (exact) mass is 283 g/mol. The Balaban J connectivity index is 2.37. The van der Waals surface area contributed by atoms with Crippen LogP contribution in [0.25, 0.3) is 0 Å². The molecule has 0 bridgehead atoms. The van der Waals surface area contributed by atoms with E-state index in [4.69, 9.17) is 16.7 Å². The van der Waals surface area contributed by atoms with Gasteiger partial charge in [0.2, 0.25) is 5.91 Å². The SMILES string of the molecule is CN(Cc1ccccc1Cl)C(=O)CCCCC(=O)O. The quantitative estimate of drug-likeness (QED) is 0.783. The molecule has 0 saturated carbocycles. The number of carbonyl (C=O) groups excluding carboxylic acids is 1. The minimum absolute atomic E-state index is 0.00492. The van der Waals surface area contributed by atoms with Crippen LogP contribution in [-0.2, 0) is 16.1 Å². The van der Waals surface area contributed by atoms with Gasteiger partial charge in [-0.15, -0.1) is 0 Å². The molecular weight excluding hydrogens is 266 g/mol. The third-order valence-corrected chi connectivity index (χ3v) is 3.19. The molecule has 104 valence electrons. The molecule has 1 aromatic carbocycles. The number of hydrogen-bond donors (Lipinski definition) is 1. The maximum Gasteiger partial charge on any atom is 0.303 e. The van der Waals surface area contributed by atoms with Crippen LogP contribution in [0.3, 0.4) is 0 Å². The fourth-order valence-electron chi connectivity index (χ4n) is 1.71. The molecule has 1 rings (SSSR count). The molecule has 0 fully saturated rings. The van der Waals surface area contributed by atoms with Gasteiger partial charge < -0.3 is 10.0 Å². The van der Waals surface area contributed by atoms with Gasteiger partial charge in [0.1, 0.15) is 0 Å². The van der Waals surface area contributed by atoms with Gasteiger partial charge in [0.05, 0.1) is 0 Å². The number of benzene rings is 1. The number of hydrogen-bond acceptors (Lipinski definition) is 2. The van der Waals surface area contributed by atoms with Crippen LogP contribution in [0.5, 0.6) is 0 Å². The van der Waals surface area contributed by atoms with Crippen molar-refractivity contribution in [2.75, 3.05) is 7.05 Å². The van der Waals surface area contributed by atoms with Gasteiger partial charge in [-0.1, -0.05) is 29.8 Å². The van der Waals surface area contributed by atoms with Gasteiger partial charge in [0.15, 0.2) is 0 Å². The Labute approximate surface area is 118 Å². The van der Waals surface area contributed by atoms with Crippen LogP contribution in [0.4, 0.5) is 0 Å². The summed E-state index contributed by atoms with van der Waals surface area (Å²) in [6.45, 7) is 0.470. The van der Waals surface area contributed by atoms with E-state index >= 15 is 0 Å². The van der Waals surface area contributed by atoms with E-state index < -0.39 is 5.97 Å². The highest BCUT2D eigenvalue weighted by atomic mass is 35.5. The zero-order valence-electron chi connectivity index (χ0n) is 10.9. The summed E-state index contributed by atoms with van der Waals surface area (Å²) >= 11 is 6.03. The average molecular weight is 284 g/mol. The van der Waals surface area contributed by atoms with Crippen molar-refractivity contribution in [3.8, 4) is 0 Å². The maximum atomic E-state index is 11.8. The van der Waals surface area contributed by atoms with E-state index in [1.807, 2.05) is 18.2 Å². The summed E-state index contributed by atoms with van der Waals surface area (Å²) in [6.07, 6.45) is 1.61. The lowest BCUT2D eigenvalue weighted by atomic mass is 10.1. The number of carbonyl (C=O) groups is 2. The van der Waals surface area contributed by atoms with E-state index in [-0.39, 0.29) is 12.3 Å². The summed E-state index contributed by atoms with van der Waals surface area (Å²) in [5, 5.41) is 9.15. The normalized spacial score (nSPS) is 10.2. The highest BCUT2D eigenvalue weighted by Crippen LogP contribution is 2.17. The van der Waals surface area contributed by atoms with Gasteiger partial charge in [-0.3, -0.25) is 9.59 Å². The molecule has 0 spiro atoms. The molecule has 4 nitrogen and oxygen atoms in total. The van der Waals surface area contributed by atoms with Crippen molar-refractivity contribution in [2.45, 2.75) is 32.2 Å². The largest absolute Gasteiger partial charge is 0.481 e. The number of rotatable bonds is 7. The Morgan fingerprint density at radius 3 is 2.47 bits per heavy atom. The molecule has 5 heteroatoms. The van der Waals surface area contributed by atoms with Crippen LogP contribution in [-0.4, -0.2) is 28.9 Å². The van der Waals surface area contributed by atoms with Gasteiger partial charge in [0, 0.05) is 31.5 Å². The van der Waals surface area contributed by atoms with Crippen molar-refractivity contribution in [3.05, 3.63) is 34.9 Å². The number of nitrogens with zero attached hydrogens (tertiary/aromatic N) is 1. The van der Waals surface area contributed by atoms with Crippen LogP contribution >= 0.6 is 11.6 Å². The average Bonchev–Trinajstić information content (AvgIpc) is 2.36. The third-order valence-electron chi connectivity index (χ3n) is 2.82. The molecule has 0 radical (unpaired) electrons. The van der Waals surface area contributed by atoms with Gasteiger partial charge in [-0.25, -0.2) is 0 Å². The number of aliphatic carboxylic acids is 1. The first-order valence-corrected chi connectivity index (χ1v) is 6.57. The van der Waals surface area contributed by atoms with Crippen LogP contribution in [0.15, 0.2) is 24.3 Å². The lowest BCUT2D eigenvalue weighted by Gasteiger charge is -2.17. The third kappa shape index (κ3) is 5.75. The molecule has 1 aromatic rings. The zero-order chi connectivity index (χ0) is 14.3. The number of amides is 1. The summed E-state index contributed by atoms with van der Waals surface area (Å²) in [6, 6.07) is 7.41. The summed E-state index contributed by atoms with van der Waals surface area (Å²) < 4.78 is 0. The fraction of sp³-hybridized carbons (Fsp3) is 0.429. The predicted molar refractivity (Wildman–Crippen MR) is 74.0 cm³/mol. The number of unbranched alkanes of at least 4 members (excludes halogenated alkanes) is 1.